The molecule has 2 aromatic heterocycles. The number of ether oxygens (including phenoxy) is 1. The van der Waals surface area contributed by atoms with Crippen LogP contribution < -0.4 is 10.2 Å². The number of anilines is 1. The summed E-state index contributed by atoms with van der Waals surface area (Å²) >= 11 is 7.85. The van der Waals surface area contributed by atoms with E-state index in [2.05, 4.69) is 56.6 Å². The van der Waals surface area contributed by atoms with E-state index in [1.165, 1.54) is 10.9 Å². The van der Waals surface area contributed by atoms with Crippen molar-refractivity contribution in [1.29, 1.82) is 0 Å². The number of hydrogen-bond acceptors (Lipinski definition) is 5. The lowest BCUT2D eigenvalue weighted by atomic mass is 10.1. The molecule has 0 bridgehead atoms. The Labute approximate surface area is 207 Å². The molecule has 0 fully saturated rings. The minimum atomic E-state index is 0.635. The van der Waals surface area contributed by atoms with Crippen LogP contribution in [-0.4, -0.2) is 22.4 Å². The number of benzene rings is 3. The van der Waals surface area contributed by atoms with Gasteiger partial charge in [0.15, 0.2) is 0 Å². The van der Waals surface area contributed by atoms with Crippen molar-refractivity contribution in [3.63, 3.8) is 0 Å². The highest BCUT2D eigenvalue weighted by Crippen LogP contribution is 2.27. The van der Waals surface area contributed by atoms with Crippen molar-refractivity contribution in [3.8, 4) is 5.75 Å². The molecular weight excluding hydrogens is 464 g/mol. The van der Waals surface area contributed by atoms with Gasteiger partial charge in [-0.15, -0.1) is 0 Å². The summed E-state index contributed by atoms with van der Waals surface area (Å²) in [6.45, 7) is 5.49. The molecule has 0 aliphatic heterocycles. The molecule has 34 heavy (non-hydrogen) atoms. The van der Waals surface area contributed by atoms with Crippen molar-refractivity contribution >= 4 is 55.4 Å². The monoisotopic (exact) mass is 488 g/mol. The number of rotatable bonds is 8. The smallest absolute Gasteiger partial charge is 0.204 e. The van der Waals surface area contributed by atoms with Crippen molar-refractivity contribution in [2.24, 2.45) is 5.10 Å². The van der Waals surface area contributed by atoms with E-state index in [0.717, 1.165) is 55.8 Å². The lowest BCUT2D eigenvalue weighted by molar-refractivity contribution is 0.302. The predicted molar refractivity (Wildman–Crippen MR) is 144 cm³/mol. The molecule has 0 aliphatic rings. The van der Waals surface area contributed by atoms with Crippen LogP contribution in [0.5, 0.6) is 5.75 Å². The zero-order chi connectivity index (χ0) is 23.5. The topological polar surface area (TPSA) is 51.4 Å². The predicted octanol–water partition coefficient (Wildman–Crippen LogP) is 7.44. The third kappa shape index (κ3) is 4.79. The van der Waals surface area contributed by atoms with Crippen LogP contribution in [0.3, 0.4) is 0 Å². The Kier molecular flexibility index (Phi) is 6.52. The average Bonchev–Trinajstić information content (AvgIpc) is 3.41. The van der Waals surface area contributed by atoms with Gasteiger partial charge in [0.1, 0.15) is 5.75 Å². The summed E-state index contributed by atoms with van der Waals surface area (Å²) in [6.07, 6.45) is 4.89. The quantitative estimate of drug-likeness (QED) is 0.140. The largest absolute Gasteiger partial charge is 0.494 e. The molecule has 1 N–H and O–H groups in total. The SMILES string of the molecule is Cc1cc(OCCCn2cc(/C=N/Nc3nc4ccccc4s3)c3ccccc32)cc(C)c1Cl. The Morgan fingerprint density at radius 3 is 2.68 bits per heavy atom. The number of halogens is 1. The van der Waals surface area contributed by atoms with Gasteiger partial charge in [-0.25, -0.2) is 4.98 Å². The fourth-order valence-corrected chi connectivity index (χ4v) is 4.98. The molecule has 0 spiro atoms. The molecule has 0 radical (unpaired) electrons. The van der Waals surface area contributed by atoms with Gasteiger partial charge in [0, 0.05) is 34.2 Å². The summed E-state index contributed by atoms with van der Waals surface area (Å²) in [5.41, 5.74) is 8.38. The summed E-state index contributed by atoms with van der Waals surface area (Å²) in [7, 11) is 0. The van der Waals surface area contributed by atoms with Gasteiger partial charge in [0.05, 0.1) is 23.0 Å². The lowest BCUT2D eigenvalue weighted by Gasteiger charge is -2.10. The van der Waals surface area contributed by atoms with Gasteiger partial charge in [-0.05, 0) is 61.7 Å². The molecule has 0 aliphatic carbocycles. The number of nitrogens with zero attached hydrogens (tertiary/aromatic N) is 3. The highest BCUT2D eigenvalue weighted by molar-refractivity contribution is 7.22. The highest BCUT2D eigenvalue weighted by atomic mass is 35.5. The van der Waals surface area contributed by atoms with Gasteiger partial charge < -0.3 is 9.30 Å². The van der Waals surface area contributed by atoms with Crippen LogP contribution in [0, 0.1) is 13.8 Å². The second-order valence-corrected chi connectivity index (χ2v) is 9.63. The van der Waals surface area contributed by atoms with Gasteiger partial charge in [0.2, 0.25) is 5.13 Å². The van der Waals surface area contributed by atoms with Gasteiger partial charge in [-0.1, -0.05) is 53.3 Å². The number of fused-ring (bicyclic) bond motifs is 2. The van der Waals surface area contributed by atoms with Crippen molar-refractivity contribution in [2.45, 2.75) is 26.8 Å². The summed E-state index contributed by atoms with van der Waals surface area (Å²) in [4.78, 5) is 4.57. The van der Waals surface area contributed by atoms with E-state index in [4.69, 9.17) is 16.3 Å². The molecule has 5 nitrogen and oxygen atoms in total. The zero-order valence-electron chi connectivity index (χ0n) is 19.1. The molecule has 0 saturated heterocycles. The van der Waals surface area contributed by atoms with Gasteiger partial charge >= 0.3 is 0 Å². The third-order valence-corrected chi connectivity index (χ3v) is 7.24. The van der Waals surface area contributed by atoms with E-state index in [1.54, 1.807) is 11.3 Å². The number of nitrogens with one attached hydrogen (secondary N) is 1. The van der Waals surface area contributed by atoms with E-state index < -0.39 is 0 Å². The molecule has 0 saturated carbocycles. The first kappa shape index (κ1) is 22.4. The van der Waals surface area contributed by atoms with Crippen molar-refractivity contribution in [2.75, 3.05) is 12.0 Å². The fraction of sp³-hybridized carbons (Fsp3) is 0.185. The van der Waals surface area contributed by atoms with Crippen LogP contribution in [0.4, 0.5) is 5.13 Å². The number of thiazole rings is 1. The normalized spacial score (nSPS) is 11.6. The van der Waals surface area contributed by atoms with Crippen molar-refractivity contribution in [3.05, 3.63) is 88.6 Å². The minimum Gasteiger partial charge on any atom is -0.494 e. The number of aryl methyl sites for hydroxylation is 3. The molecule has 7 heteroatoms. The fourth-order valence-electron chi connectivity index (χ4n) is 4.05. The molecule has 2 heterocycles. The lowest BCUT2D eigenvalue weighted by Crippen LogP contribution is -2.04. The van der Waals surface area contributed by atoms with Crippen LogP contribution >= 0.6 is 22.9 Å². The standard InChI is InChI=1S/C27H25ClN4OS/c1-18-14-21(15-19(2)26(18)28)33-13-7-12-32-17-20(22-8-3-5-10-24(22)32)16-29-31-27-30-23-9-4-6-11-25(23)34-27/h3-6,8-11,14-17H,7,12-13H2,1-2H3,(H,30,31)/b29-16+. The van der Waals surface area contributed by atoms with Crippen LogP contribution in [0.15, 0.2) is 72.0 Å². The van der Waals surface area contributed by atoms with E-state index >= 15 is 0 Å². The van der Waals surface area contributed by atoms with E-state index in [-0.39, 0.29) is 0 Å². The van der Waals surface area contributed by atoms with E-state index in [0.29, 0.717) is 6.61 Å². The van der Waals surface area contributed by atoms with Crippen LogP contribution in [0.2, 0.25) is 5.02 Å². The van der Waals surface area contributed by atoms with Gasteiger partial charge in [0.25, 0.3) is 0 Å². The van der Waals surface area contributed by atoms with Crippen LogP contribution in [0.25, 0.3) is 21.1 Å². The molecule has 0 unspecified atom stereocenters. The molecule has 0 atom stereocenters. The summed E-state index contributed by atoms with van der Waals surface area (Å²) in [5.74, 6) is 0.866. The first-order chi connectivity index (χ1) is 16.6. The Morgan fingerprint density at radius 1 is 1.09 bits per heavy atom. The second-order valence-electron chi connectivity index (χ2n) is 8.22. The van der Waals surface area contributed by atoms with Crippen molar-refractivity contribution < 1.29 is 4.74 Å². The zero-order valence-corrected chi connectivity index (χ0v) is 20.7. The highest BCUT2D eigenvalue weighted by Gasteiger charge is 2.08. The Hall–Kier alpha value is -3.35. The molecule has 3 aromatic carbocycles. The van der Waals surface area contributed by atoms with Gasteiger partial charge in [-0.2, -0.15) is 5.10 Å². The van der Waals surface area contributed by atoms with E-state index in [1.807, 2.05) is 50.4 Å². The summed E-state index contributed by atoms with van der Waals surface area (Å²) < 4.78 is 9.39. The number of hydrogen-bond donors (Lipinski definition) is 1. The number of aromatic nitrogens is 2. The number of para-hydroxylation sites is 2. The molecule has 0 amide bonds. The average molecular weight is 489 g/mol. The number of hydrazone groups is 1. The molecule has 172 valence electrons. The molecule has 5 rings (SSSR count). The van der Waals surface area contributed by atoms with E-state index in [9.17, 15) is 0 Å². The third-order valence-electron chi connectivity index (χ3n) is 5.70. The van der Waals surface area contributed by atoms with Crippen molar-refractivity contribution in [1.82, 2.24) is 9.55 Å². The molecular formula is C27H25ClN4OS. The minimum absolute atomic E-state index is 0.635. The first-order valence-corrected chi connectivity index (χ1v) is 12.4. The Bertz CT molecular complexity index is 1430. The maximum Gasteiger partial charge on any atom is 0.204 e. The summed E-state index contributed by atoms with van der Waals surface area (Å²) in [6, 6.07) is 20.5. The van der Waals surface area contributed by atoms with Gasteiger partial charge in [-0.3, -0.25) is 5.43 Å². The first-order valence-electron chi connectivity index (χ1n) is 11.2. The maximum absolute atomic E-state index is 6.26. The van der Waals surface area contributed by atoms with Crippen LogP contribution in [0.1, 0.15) is 23.1 Å². The van der Waals surface area contributed by atoms with Crippen LogP contribution in [-0.2, 0) is 6.54 Å². The Balaban J connectivity index is 1.25. The second kappa shape index (κ2) is 9.87. The molecule has 5 aromatic rings. The maximum atomic E-state index is 6.26. The Morgan fingerprint density at radius 2 is 1.85 bits per heavy atom. The summed E-state index contributed by atoms with van der Waals surface area (Å²) in [5, 5.41) is 7.21.